The second kappa shape index (κ2) is 4.80. The highest BCUT2D eigenvalue weighted by Crippen LogP contribution is 2.37. The number of thiazole rings is 1. The number of anilines is 2. The summed E-state index contributed by atoms with van der Waals surface area (Å²) in [6.45, 7) is 0.626. The zero-order valence-corrected chi connectivity index (χ0v) is 11.5. The third kappa shape index (κ3) is 2.54. The fourth-order valence-electron chi connectivity index (χ4n) is 2.48. The van der Waals surface area contributed by atoms with Crippen molar-refractivity contribution in [2.24, 2.45) is 5.92 Å². The van der Waals surface area contributed by atoms with Crippen molar-refractivity contribution in [3.63, 3.8) is 0 Å². The minimum absolute atomic E-state index is 0.00119. The van der Waals surface area contributed by atoms with Gasteiger partial charge in [0.25, 0.3) is 0 Å². The van der Waals surface area contributed by atoms with Gasteiger partial charge in [-0.25, -0.2) is 4.98 Å². The zero-order valence-electron chi connectivity index (χ0n) is 10.7. The number of halogens is 3. The summed E-state index contributed by atoms with van der Waals surface area (Å²) in [4.78, 5) is 6.15. The summed E-state index contributed by atoms with van der Waals surface area (Å²) in [6, 6.07) is 5.36. The lowest BCUT2D eigenvalue weighted by atomic mass is 9.98. The van der Waals surface area contributed by atoms with Gasteiger partial charge in [-0.05, 0) is 31.0 Å². The Morgan fingerprint density at radius 1 is 1.35 bits per heavy atom. The first-order chi connectivity index (χ1) is 9.43. The van der Waals surface area contributed by atoms with Gasteiger partial charge >= 0.3 is 6.18 Å². The number of nitrogens with zero attached hydrogens (tertiary/aromatic N) is 2. The molecule has 0 amide bonds. The van der Waals surface area contributed by atoms with Crippen LogP contribution in [0.3, 0.4) is 0 Å². The molecular formula is C13H14F3N3S. The predicted molar refractivity (Wildman–Crippen MR) is 75.0 cm³/mol. The van der Waals surface area contributed by atoms with E-state index >= 15 is 0 Å². The smallest absolute Gasteiger partial charge is 0.393 e. The molecule has 0 radical (unpaired) electrons. The Morgan fingerprint density at radius 3 is 2.90 bits per heavy atom. The molecule has 2 heterocycles. The number of rotatable bonds is 1. The molecule has 20 heavy (non-hydrogen) atoms. The molecule has 1 aromatic heterocycles. The largest absolute Gasteiger partial charge is 0.399 e. The van der Waals surface area contributed by atoms with Crippen molar-refractivity contribution in [2.75, 3.05) is 23.7 Å². The standard InChI is InChI=1S/C13H14F3N3S/c14-13(15,16)8-2-1-5-19(7-8)12-18-10-4-3-9(17)6-11(10)20-12/h3-4,6,8H,1-2,5,7,17H2. The normalized spacial score (nSPS) is 20.6. The van der Waals surface area contributed by atoms with E-state index in [1.165, 1.54) is 11.3 Å². The van der Waals surface area contributed by atoms with Crippen LogP contribution in [0, 0.1) is 5.92 Å². The molecule has 1 fully saturated rings. The topological polar surface area (TPSA) is 42.1 Å². The quantitative estimate of drug-likeness (QED) is 0.817. The van der Waals surface area contributed by atoms with Crippen LogP contribution in [0.4, 0.5) is 24.0 Å². The van der Waals surface area contributed by atoms with Gasteiger partial charge < -0.3 is 10.6 Å². The molecule has 1 aliphatic heterocycles. The van der Waals surface area contributed by atoms with Crippen molar-refractivity contribution >= 4 is 32.4 Å². The first kappa shape index (κ1) is 13.5. The minimum Gasteiger partial charge on any atom is -0.399 e. The van der Waals surface area contributed by atoms with Crippen molar-refractivity contribution < 1.29 is 13.2 Å². The SMILES string of the molecule is Nc1ccc2nc(N3CCCC(C(F)(F)F)C3)sc2c1. The van der Waals surface area contributed by atoms with E-state index < -0.39 is 12.1 Å². The highest BCUT2D eigenvalue weighted by Gasteiger charge is 2.42. The van der Waals surface area contributed by atoms with Gasteiger partial charge in [-0.1, -0.05) is 11.3 Å². The van der Waals surface area contributed by atoms with E-state index in [-0.39, 0.29) is 13.0 Å². The maximum Gasteiger partial charge on any atom is 0.393 e. The minimum atomic E-state index is -4.13. The number of benzene rings is 1. The van der Waals surface area contributed by atoms with Crippen molar-refractivity contribution in [2.45, 2.75) is 19.0 Å². The van der Waals surface area contributed by atoms with Crippen molar-refractivity contribution in [3.05, 3.63) is 18.2 Å². The lowest BCUT2D eigenvalue weighted by Crippen LogP contribution is -2.41. The maximum absolute atomic E-state index is 12.8. The van der Waals surface area contributed by atoms with E-state index in [1.54, 1.807) is 17.0 Å². The van der Waals surface area contributed by atoms with Crippen LogP contribution in [0.1, 0.15) is 12.8 Å². The van der Waals surface area contributed by atoms with Gasteiger partial charge in [0.15, 0.2) is 5.13 Å². The summed E-state index contributed by atoms with van der Waals surface area (Å²) in [5, 5.41) is 0.652. The number of aromatic nitrogens is 1. The molecule has 1 atom stereocenters. The molecule has 1 saturated heterocycles. The van der Waals surface area contributed by atoms with Crippen LogP contribution in [-0.2, 0) is 0 Å². The molecule has 0 bridgehead atoms. The van der Waals surface area contributed by atoms with E-state index in [0.717, 1.165) is 10.2 Å². The van der Waals surface area contributed by atoms with Crippen molar-refractivity contribution in [1.82, 2.24) is 4.98 Å². The van der Waals surface area contributed by atoms with E-state index in [4.69, 9.17) is 5.73 Å². The van der Waals surface area contributed by atoms with Crippen LogP contribution >= 0.6 is 11.3 Å². The molecular weight excluding hydrogens is 287 g/mol. The van der Waals surface area contributed by atoms with Gasteiger partial charge in [-0.2, -0.15) is 13.2 Å². The molecule has 1 aromatic carbocycles. The molecule has 3 rings (SSSR count). The molecule has 1 aliphatic rings. The van der Waals surface area contributed by atoms with Crippen molar-refractivity contribution in [1.29, 1.82) is 0 Å². The van der Waals surface area contributed by atoms with Crippen LogP contribution < -0.4 is 10.6 Å². The molecule has 0 spiro atoms. The van der Waals surface area contributed by atoms with Crippen LogP contribution in [-0.4, -0.2) is 24.2 Å². The highest BCUT2D eigenvalue weighted by molar-refractivity contribution is 7.22. The number of hydrogen-bond donors (Lipinski definition) is 1. The summed E-state index contributed by atoms with van der Waals surface area (Å²) in [5.41, 5.74) is 7.13. The maximum atomic E-state index is 12.8. The molecule has 1 unspecified atom stereocenters. The highest BCUT2D eigenvalue weighted by atomic mass is 32.1. The van der Waals surface area contributed by atoms with E-state index in [1.807, 2.05) is 6.07 Å². The van der Waals surface area contributed by atoms with Crippen molar-refractivity contribution in [3.8, 4) is 0 Å². The molecule has 2 N–H and O–H groups in total. The number of nitrogens with two attached hydrogens (primary N) is 1. The Balaban J connectivity index is 1.87. The van der Waals surface area contributed by atoms with E-state index in [2.05, 4.69) is 4.98 Å². The second-order valence-electron chi connectivity index (χ2n) is 5.05. The van der Waals surface area contributed by atoms with Gasteiger partial charge in [0.05, 0.1) is 16.1 Å². The average molecular weight is 301 g/mol. The van der Waals surface area contributed by atoms with Crippen LogP contribution in [0.5, 0.6) is 0 Å². The molecule has 3 nitrogen and oxygen atoms in total. The Morgan fingerprint density at radius 2 is 2.15 bits per heavy atom. The van der Waals surface area contributed by atoms with Gasteiger partial charge in [-0.15, -0.1) is 0 Å². The number of nitrogen functional groups attached to an aromatic ring is 1. The van der Waals surface area contributed by atoms with E-state index in [0.29, 0.717) is 23.8 Å². The number of hydrogen-bond acceptors (Lipinski definition) is 4. The average Bonchev–Trinajstić information content (AvgIpc) is 2.81. The fourth-order valence-corrected chi connectivity index (χ4v) is 3.53. The molecule has 2 aromatic rings. The molecule has 7 heteroatoms. The van der Waals surface area contributed by atoms with Crippen LogP contribution in [0.25, 0.3) is 10.2 Å². The molecule has 0 aliphatic carbocycles. The lowest BCUT2D eigenvalue weighted by Gasteiger charge is -2.33. The van der Waals surface area contributed by atoms with Gasteiger partial charge in [0.1, 0.15) is 0 Å². The van der Waals surface area contributed by atoms with Gasteiger partial charge in [0, 0.05) is 18.8 Å². The fraction of sp³-hybridized carbons (Fsp3) is 0.462. The summed E-state index contributed by atoms with van der Waals surface area (Å²) in [5.74, 6) is -1.26. The third-order valence-corrected chi connectivity index (χ3v) is 4.63. The first-order valence-electron chi connectivity index (χ1n) is 6.41. The second-order valence-corrected chi connectivity index (χ2v) is 6.06. The number of piperidine rings is 1. The Kier molecular flexibility index (Phi) is 3.24. The first-order valence-corrected chi connectivity index (χ1v) is 7.23. The van der Waals surface area contributed by atoms with Crippen LogP contribution in [0.15, 0.2) is 18.2 Å². The molecule has 108 valence electrons. The molecule has 0 saturated carbocycles. The van der Waals surface area contributed by atoms with Gasteiger partial charge in [0.2, 0.25) is 0 Å². The van der Waals surface area contributed by atoms with Crippen LogP contribution in [0.2, 0.25) is 0 Å². The number of alkyl halides is 3. The Labute approximate surface area is 118 Å². The summed E-state index contributed by atoms with van der Waals surface area (Å²) in [7, 11) is 0. The summed E-state index contributed by atoms with van der Waals surface area (Å²) in [6.07, 6.45) is -3.38. The number of fused-ring (bicyclic) bond motifs is 1. The zero-order chi connectivity index (χ0) is 14.3. The Hall–Kier alpha value is -1.50. The Bertz CT molecular complexity index is 623. The summed E-state index contributed by atoms with van der Waals surface area (Å²) >= 11 is 1.40. The monoisotopic (exact) mass is 301 g/mol. The van der Waals surface area contributed by atoms with E-state index in [9.17, 15) is 13.2 Å². The third-order valence-electron chi connectivity index (χ3n) is 3.56. The summed E-state index contributed by atoms with van der Waals surface area (Å²) < 4.78 is 39.4. The van der Waals surface area contributed by atoms with Gasteiger partial charge in [-0.3, -0.25) is 0 Å². The lowest BCUT2D eigenvalue weighted by molar-refractivity contribution is -0.175. The predicted octanol–water partition coefficient (Wildman–Crippen LogP) is 3.66.